The monoisotopic (exact) mass is 461 g/mol. The Labute approximate surface area is 201 Å². The molecule has 0 aliphatic rings. The number of aliphatic hydroxyl groups is 1. The van der Waals surface area contributed by atoms with Crippen molar-refractivity contribution in [3.05, 3.63) is 60.6 Å². The minimum Gasteiger partial charge on any atom is -0.394 e. The first kappa shape index (κ1) is 25.1. The highest BCUT2D eigenvalue weighted by Gasteiger charge is 2.17. The third-order valence-corrected chi connectivity index (χ3v) is 5.50. The normalized spacial score (nSPS) is 11.7. The molecule has 8 nitrogen and oxygen atoms in total. The summed E-state index contributed by atoms with van der Waals surface area (Å²) in [4.78, 5) is 18.2. The van der Waals surface area contributed by atoms with Crippen molar-refractivity contribution in [1.82, 2.24) is 24.5 Å². The van der Waals surface area contributed by atoms with Crippen LogP contribution in [0.25, 0.3) is 22.4 Å². The lowest BCUT2D eigenvalue weighted by molar-refractivity contribution is 0.248. The van der Waals surface area contributed by atoms with Crippen molar-refractivity contribution in [2.75, 3.05) is 17.2 Å². The molecule has 0 radical (unpaired) electrons. The number of hydrogen-bond acceptors (Lipinski definition) is 7. The maximum Gasteiger partial charge on any atom is 0.227 e. The van der Waals surface area contributed by atoms with Crippen LogP contribution in [0.4, 0.5) is 11.8 Å². The second kappa shape index (κ2) is 12.1. The summed E-state index contributed by atoms with van der Waals surface area (Å²) >= 11 is 0. The van der Waals surface area contributed by atoms with E-state index in [0.29, 0.717) is 18.3 Å². The second-order valence-electron chi connectivity index (χ2n) is 8.04. The minimum atomic E-state index is -0.127. The Kier molecular flexibility index (Phi) is 8.93. The van der Waals surface area contributed by atoms with E-state index < -0.39 is 0 Å². The molecule has 0 amide bonds. The van der Waals surface area contributed by atoms with Gasteiger partial charge in [0.05, 0.1) is 24.7 Å². The summed E-state index contributed by atoms with van der Waals surface area (Å²) in [6, 6.07) is 14.1. The van der Waals surface area contributed by atoms with Crippen LogP contribution in [0.3, 0.4) is 0 Å². The molecule has 0 saturated heterocycles. The first-order chi connectivity index (χ1) is 16.6. The van der Waals surface area contributed by atoms with Gasteiger partial charge in [0.2, 0.25) is 5.95 Å². The molecule has 180 valence electrons. The van der Waals surface area contributed by atoms with E-state index in [4.69, 9.17) is 0 Å². The van der Waals surface area contributed by atoms with Crippen molar-refractivity contribution in [3.63, 3.8) is 0 Å². The number of aryl methyl sites for hydroxylation is 1. The van der Waals surface area contributed by atoms with Crippen LogP contribution in [0.1, 0.15) is 40.2 Å². The molecule has 34 heavy (non-hydrogen) atoms. The summed E-state index contributed by atoms with van der Waals surface area (Å²) in [5.41, 5.74) is 4.65. The van der Waals surface area contributed by atoms with Crippen LogP contribution in [-0.4, -0.2) is 42.3 Å². The molecule has 1 aromatic carbocycles. The zero-order chi connectivity index (χ0) is 24.5. The Balaban J connectivity index is 0.00000158. The van der Waals surface area contributed by atoms with Gasteiger partial charge in [0.1, 0.15) is 0 Å². The van der Waals surface area contributed by atoms with Crippen LogP contribution in [0, 0.1) is 5.92 Å². The molecule has 3 heterocycles. The number of pyridine rings is 1. The van der Waals surface area contributed by atoms with Gasteiger partial charge >= 0.3 is 0 Å². The molecule has 0 spiro atoms. The Morgan fingerprint density at radius 2 is 1.76 bits per heavy atom. The molecule has 1 atom stereocenters. The third-order valence-electron chi connectivity index (χ3n) is 5.50. The zero-order valence-electron chi connectivity index (χ0n) is 20.7. The van der Waals surface area contributed by atoms with Crippen LogP contribution in [0.2, 0.25) is 0 Å². The number of rotatable bonds is 9. The van der Waals surface area contributed by atoms with Gasteiger partial charge in [0.25, 0.3) is 0 Å². The third kappa shape index (κ3) is 5.88. The summed E-state index contributed by atoms with van der Waals surface area (Å²) in [6.07, 6.45) is 3.58. The van der Waals surface area contributed by atoms with E-state index in [-0.39, 0.29) is 18.6 Å². The molecule has 1 unspecified atom stereocenters. The van der Waals surface area contributed by atoms with Crippen LogP contribution in [0.5, 0.6) is 0 Å². The highest BCUT2D eigenvalue weighted by Crippen LogP contribution is 2.23. The summed E-state index contributed by atoms with van der Waals surface area (Å²) in [7, 11) is 0. The highest BCUT2D eigenvalue weighted by atomic mass is 16.3. The molecule has 3 aromatic heterocycles. The Morgan fingerprint density at radius 1 is 1.00 bits per heavy atom. The van der Waals surface area contributed by atoms with Gasteiger partial charge in [-0.3, -0.25) is 4.98 Å². The number of nitrogens with zero attached hydrogens (tertiary/aromatic N) is 5. The average Bonchev–Trinajstić information content (AvgIpc) is 3.31. The number of anilines is 2. The fraction of sp³-hybridized carbons (Fsp3) is 0.385. The van der Waals surface area contributed by atoms with Gasteiger partial charge in [0.15, 0.2) is 17.0 Å². The summed E-state index contributed by atoms with van der Waals surface area (Å²) in [5.74, 6) is 1.39. The number of fused-ring (bicyclic) bond motifs is 1. The Morgan fingerprint density at radius 3 is 2.38 bits per heavy atom. The highest BCUT2D eigenvalue weighted by molar-refractivity contribution is 5.84. The van der Waals surface area contributed by atoms with Gasteiger partial charge in [-0.05, 0) is 30.5 Å². The van der Waals surface area contributed by atoms with Crippen molar-refractivity contribution in [1.29, 1.82) is 0 Å². The summed E-state index contributed by atoms with van der Waals surface area (Å²) < 4.78 is 1.98. The van der Waals surface area contributed by atoms with E-state index in [2.05, 4.69) is 75.6 Å². The number of aliphatic hydroxyl groups excluding tert-OH is 1. The van der Waals surface area contributed by atoms with Gasteiger partial charge in [0, 0.05) is 24.8 Å². The molecule has 4 rings (SSSR count). The number of nitrogens with one attached hydrogen (secondary N) is 2. The zero-order valence-corrected chi connectivity index (χ0v) is 20.7. The van der Waals surface area contributed by atoms with Crippen molar-refractivity contribution in [2.45, 2.75) is 53.8 Å². The molecule has 0 saturated carbocycles. The maximum atomic E-state index is 9.70. The van der Waals surface area contributed by atoms with E-state index in [1.807, 2.05) is 36.6 Å². The predicted octanol–water partition coefficient (Wildman–Crippen LogP) is 4.98. The van der Waals surface area contributed by atoms with Crippen molar-refractivity contribution in [2.24, 2.45) is 5.92 Å². The Bertz CT molecular complexity index is 1160. The molecule has 3 N–H and O–H groups in total. The van der Waals surface area contributed by atoms with Crippen molar-refractivity contribution >= 4 is 22.9 Å². The summed E-state index contributed by atoms with van der Waals surface area (Å²) in [6.45, 7) is 11.5. The molecular weight excluding hydrogens is 426 g/mol. The fourth-order valence-electron chi connectivity index (χ4n) is 3.47. The van der Waals surface area contributed by atoms with Gasteiger partial charge in [-0.2, -0.15) is 9.97 Å². The Hall–Kier alpha value is -3.52. The first-order valence-electron chi connectivity index (χ1n) is 11.9. The fourth-order valence-corrected chi connectivity index (χ4v) is 3.47. The molecule has 0 fully saturated rings. The lowest BCUT2D eigenvalue weighted by atomic mass is 10.1. The van der Waals surface area contributed by atoms with Crippen LogP contribution >= 0.6 is 0 Å². The quantitative estimate of drug-likeness (QED) is 0.323. The van der Waals surface area contributed by atoms with E-state index in [0.717, 1.165) is 34.5 Å². The van der Waals surface area contributed by atoms with Crippen LogP contribution in [-0.2, 0) is 13.1 Å². The maximum absolute atomic E-state index is 9.70. The SMILES string of the molecule is CC.CCn1cnc2c(NCc3ccc(-c4ccccn4)cc3)nc(NC(CO)C(C)C)nc21. The van der Waals surface area contributed by atoms with E-state index >= 15 is 0 Å². The largest absolute Gasteiger partial charge is 0.394 e. The number of hydrogen-bond donors (Lipinski definition) is 3. The summed E-state index contributed by atoms with van der Waals surface area (Å²) in [5, 5.41) is 16.4. The predicted molar refractivity (Wildman–Crippen MR) is 139 cm³/mol. The van der Waals surface area contributed by atoms with E-state index in [1.165, 1.54) is 0 Å². The van der Waals surface area contributed by atoms with Crippen LogP contribution in [0.15, 0.2) is 55.0 Å². The second-order valence-corrected chi connectivity index (χ2v) is 8.04. The first-order valence-corrected chi connectivity index (χ1v) is 11.9. The number of imidazole rings is 1. The van der Waals surface area contributed by atoms with Gasteiger partial charge in [-0.15, -0.1) is 0 Å². The molecule has 4 aromatic rings. The number of aromatic nitrogens is 5. The van der Waals surface area contributed by atoms with Crippen molar-refractivity contribution in [3.8, 4) is 11.3 Å². The molecule has 0 aliphatic carbocycles. The number of benzene rings is 1. The standard InChI is InChI=1S/C24H29N7O.C2H6/c1-4-31-15-27-21-22(29-24(30-23(21)31)28-20(14-32)16(2)3)26-13-17-8-10-18(11-9-17)19-7-5-6-12-25-19;1-2/h5-12,15-16,20,32H,4,13-14H2,1-3H3,(H2,26,28,29,30);1-2H3. The lowest BCUT2D eigenvalue weighted by Crippen LogP contribution is -2.30. The van der Waals surface area contributed by atoms with Gasteiger partial charge in [-0.1, -0.05) is 58.0 Å². The van der Waals surface area contributed by atoms with Crippen molar-refractivity contribution < 1.29 is 5.11 Å². The van der Waals surface area contributed by atoms with E-state index in [9.17, 15) is 5.11 Å². The molecule has 8 heteroatoms. The molecule has 0 aliphatic heterocycles. The minimum absolute atomic E-state index is 0.0114. The molecular formula is C26H35N7O. The van der Waals surface area contributed by atoms with E-state index in [1.54, 1.807) is 12.5 Å². The molecule has 0 bridgehead atoms. The topological polar surface area (TPSA) is 101 Å². The average molecular weight is 462 g/mol. The smallest absolute Gasteiger partial charge is 0.227 e. The lowest BCUT2D eigenvalue weighted by Gasteiger charge is -2.20. The van der Waals surface area contributed by atoms with Gasteiger partial charge < -0.3 is 20.3 Å². The van der Waals surface area contributed by atoms with Gasteiger partial charge in [-0.25, -0.2) is 4.98 Å². The van der Waals surface area contributed by atoms with Crippen LogP contribution < -0.4 is 10.6 Å².